The highest BCUT2D eigenvalue weighted by molar-refractivity contribution is 6.46. The van der Waals surface area contributed by atoms with Gasteiger partial charge in [0.1, 0.15) is 23.0 Å². The van der Waals surface area contributed by atoms with E-state index in [2.05, 4.69) is 0 Å². The molecule has 0 aliphatic carbocycles. The minimum absolute atomic E-state index is 0.0322. The molecule has 0 spiro atoms. The Bertz CT molecular complexity index is 1260. The van der Waals surface area contributed by atoms with Gasteiger partial charge in [-0.25, -0.2) is 0 Å². The average molecular weight is 488 g/mol. The zero-order chi connectivity index (χ0) is 25.7. The van der Waals surface area contributed by atoms with Crippen molar-refractivity contribution in [1.82, 2.24) is 4.90 Å². The van der Waals surface area contributed by atoms with Gasteiger partial charge in [0.25, 0.3) is 11.7 Å². The first kappa shape index (κ1) is 24.9. The summed E-state index contributed by atoms with van der Waals surface area (Å²) in [6, 6.07) is 20.6. The second-order valence-electron chi connectivity index (χ2n) is 8.24. The molecule has 7 heteroatoms. The molecule has 1 fully saturated rings. The number of benzene rings is 3. The highest BCUT2D eigenvalue weighted by Crippen LogP contribution is 2.41. The van der Waals surface area contributed by atoms with Crippen LogP contribution in [0, 0.1) is 0 Å². The predicted molar refractivity (Wildman–Crippen MR) is 136 cm³/mol. The predicted octanol–water partition coefficient (Wildman–Crippen LogP) is 5.11. The van der Waals surface area contributed by atoms with Crippen LogP contribution in [-0.4, -0.2) is 42.0 Å². The number of amides is 1. The number of hydrogen-bond donors (Lipinski definition) is 1. The molecular formula is C29H29NO6. The number of carbonyl (C=O) groups excluding carboxylic acids is 2. The van der Waals surface area contributed by atoms with Crippen molar-refractivity contribution in [3.05, 3.63) is 95.1 Å². The summed E-state index contributed by atoms with van der Waals surface area (Å²) in [6.07, 6.45) is 0. The van der Waals surface area contributed by atoms with Gasteiger partial charge < -0.3 is 24.2 Å². The summed E-state index contributed by atoms with van der Waals surface area (Å²) in [6.45, 7) is 4.97. The number of likely N-dealkylation sites (tertiary alicyclic amines) is 1. The van der Waals surface area contributed by atoms with Crippen molar-refractivity contribution in [2.24, 2.45) is 0 Å². The van der Waals surface area contributed by atoms with E-state index in [0.29, 0.717) is 35.8 Å². The van der Waals surface area contributed by atoms with E-state index in [1.807, 2.05) is 38.1 Å². The van der Waals surface area contributed by atoms with E-state index in [-0.39, 0.29) is 17.9 Å². The Morgan fingerprint density at radius 3 is 2.14 bits per heavy atom. The quantitative estimate of drug-likeness (QED) is 0.256. The maximum Gasteiger partial charge on any atom is 0.295 e. The molecule has 0 aromatic heterocycles. The molecule has 1 atom stereocenters. The number of ketones is 1. The largest absolute Gasteiger partial charge is 0.507 e. The molecule has 1 aliphatic rings. The van der Waals surface area contributed by atoms with Crippen molar-refractivity contribution in [3.8, 4) is 17.2 Å². The lowest BCUT2D eigenvalue weighted by molar-refractivity contribution is -0.140. The van der Waals surface area contributed by atoms with Gasteiger partial charge in [0.05, 0.1) is 31.9 Å². The summed E-state index contributed by atoms with van der Waals surface area (Å²) in [5.74, 6) is 0.278. The Morgan fingerprint density at radius 1 is 0.861 bits per heavy atom. The number of ether oxygens (including phenoxy) is 3. The molecule has 3 aromatic carbocycles. The van der Waals surface area contributed by atoms with Gasteiger partial charge in [0.15, 0.2) is 0 Å². The van der Waals surface area contributed by atoms with E-state index in [4.69, 9.17) is 14.2 Å². The highest BCUT2D eigenvalue weighted by Gasteiger charge is 2.46. The van der Waals surface area contributed by atoms with Gasteiger partial charge in [-0.2, -0.15) is 0 Å². The minimum Gasteiger partial charge on any atom is -0.507 e. The summed E-state index contributed by atoms with van der Waals surface area (Å²) < 4.78 is 16.3. The molecule has 7 nitrogen and oxygen atoms in total. The lowest BCUT2D eigenvalue weighted by Crippen LogP contribution is -2.29. The molecule has 1 amide bonds. The third-order valence-electron chi connectivity index (χ3n) is 5.98. The normalized spacial score (nSPS) is 16.8. The van der Waals surface area contributed by atoms with E-state index < -0.39 is 17.7 Å². The van der Waals surface area contributed by atoms with Crippen molar-refractivity contribution in [3.63, 3.8) is 0 Å². The minimum atomic E-state index is -0.779. The van der Waals surface area contributed by atoms with E-state index in [0.717, 1.165) is 11.3 Å². The lowest BCUT2D eigenvalue weighted by atomic mass is 9.95. The fourth-order valence-corrected chi connectivity index (χ4v) is 4.29. The Kier molecular flexibility index (Phi) is 7.59. The Balaban J connectivity index is 1.79. The van der Waals surface area contributed by atoms with Crippen LogP contribution in [-0.2, 0) is 16.1 Å². The van der Waals surface area contributed by atoms with Crippen molar-refractivity contribution in [2.45, 2.75) is 26.4 Å². The molecule has 0 bridgehead atoms. The van der Waals surface area contributed by atoms with Gasteiger partial charge >= 0.3 is 0 Å². The van der Waals surface area contributed by atoms with Crippen LogP contribution in [0.15, 0.2) is 78.4 Å². The molecular weight excluding hydrogens is 458 g/mol. The van der Waals surface area contributed by atoms with E-state index in [1.54, 1.807) is 55.6 Å². The van der Waals surface area contributed by atoms with Crippen LogP contribution in [0.25, 0.3) is 5.76 Å². The van der Waals surface area contributed by atoms with Crippen LogP contribution in [0.4, 0.5) is 0 Å². The highest BCUT2D eigenvalue weighted by atomic mass is 16.5. The molecule has 0 saturated carbocycles. The molecule has 1 N–H and O–H groups in total. The maximum absolute atomic E-state index is 13.3. The summed E-state index contributed by atoms with van der Waals surface area (Å²) in [4.78, 5) is 28.0. The molecule has 0 radical (unpaired) electrons. The van der Waals surface area contributed by atoms with Crippen molar-refractivity contribution in [2.75, 3.05) is 20.3 Å². The Labute approximate surface area is 210 Å². The second-order valence-corrected chi connectivity index (χ2v) is 8.24. The van der Waals surface area contributed by atoms with E-state index in [9.17, 15) is 14.7 Å². The summed E-state index contributed by atoms with van der Waals surface area (Å²) >= 11 is 0. The van der Waals surface area contributed by atoms with Crippen LogP contribution in [0.1, 0.15) is 36.6 Å². The zero-order valence-electron chi connectivity index (χ0n) is 20.6. The Morgan fingerprint density at radius 2 is 1.50 bits per heavy atom. The van der Waals surface area contributed by atoms with Crippen molar-refractivity contribution in [1.29, 1.82) is 0 Å². The number of methoxy groups -OCH3 is 1. The summed E-state index contributed by atoms with van der Waals surface area (Å²) in [7, 11) is 1.57. The van der Waals surface area contributed by atoms with Crippen molar-refractivity contribution >= 4 is 17.4 Å². The van der Waals surface area contributed by atoms with Crippen LogP contribution in [0.3, 0.4) is 0 Å². The molecule has 186 valence electrons. The monoisotopic (exact) mass is 487 g/mol. The van der Waals surface area contributed by atoms with Gasteiger partial charge in [-0.1, -0.05) is 36.4 Å². The number of aliphatic hydroxyl groups excluding tert-OH is 1. The first-order chi connectivity index (χ1) is 17.5. The van der Waals surface area contributed by atoms with Gasteiger partial charge in [-0.05, 0) is 61.4 Å². The van der Waals surface area contributed by atoms with Crippen molar-refractivity contribution < 1.29 is 28.9 Å². The van der Waals surface area contributed by atoms with Gasteiger partial charge in [0.2, 0.25) is 0 Å². The summed E-state index contributed by atoms with van der Waals surface area (Å²) in [5, 5.41) is 11.3. The first-order valence-corrected chi connectivity index (χ1v) is 11.8. The van der Waals surface area contributed by atoms with Gasteiger partial charge in [-0.15, -0.1) is 0 Å². The first-order valence-electron chi connectivity index (χ1n) is 11.8. The fourth-order valence-electron chi connectivity index (χ4n) is 4.29. The summed E-state index contributed by atoms with van der Waals surface area (Å²) in [5.41, 5.74) is 1.95. The lowest BCUT2D eigenvalue weighted by Gasteiger charge is -2.25. The number of Topliss-reactive ketones (excluding diaryl/α,β-unsaturated/α-hetero) is 1. The number of hydrogen-bond acceptors (Lipinski definition) is 6. The molecule has 1 aliphatic heterocycles. The number of aliphatic hydroxyl groups is 1. The second kappa shape index (κ2) is 11.0. The number of nitrogens with zero attached hydrogens (tertiary/aromatic N) is 1. The van der Waals surface area contributed by atoms with Crippen LogP contribution < -0.4 is 14.2 Å². The topological polar surface area (TPSA) is 85.3 Å². The third kappa shape index (κ3) is 5.05. The maximum atomic E-state index is 13.3. The number of rotatable bonds is 9. The zero-order valence-corrected chi connectivity index (χ0v) is 20.6. The Hall–Kier alpha value is -4.26. The molecule has 1 unspecified atom stereocenters. The van der Waals surface area contributed by atoms with Crippen LogP contribution >= 0.6 is 0 Å². The van der Waals surface area contributed by atoms with Crippen LogP contribution in [0.5, 0.6) is 17.2 Å². The average Bonchev–Trinajstić information content (AvgIpc) is 3.15. The number of carbonyl (C=O) groups is 2. The molecule has 36 heavy (non-hydrogen) atoms. The van der Waals surface area contributed by atoms with Crippen LogP contribution in [0.2, 0.25) is 0 Å². The van der Waals surface area contributed by atoms with Gasteiger partial charge in [0, 0.05) is 12.1 Å². The SMILES string of the molecule is CCOc1ccc(CN2C(=O)C(=O)/C(=C(\O)c3cccc(OCC)c3)C2c2ccc(OC)cc2)cc1. The molecule has 1 saturated heterocycles. The smallest absolute Gasteiger partial charge is 0.295 e. The molecule has 3 aromatic rings. The van der Waals surface area contributed by atoms with Gasteiger partial charge in [-0.3, -0.25) is 9.59 Å². The molecule has 1 heterocycles. The fraction of sp³-hybridized carbons (Fsp3) is 0.241. The third-order valence-corrected chi connectivity index (χ3v) is 5.98. The molecule has 4 rings (SSSR count). The van der Waals surface area contributed by atoms with E-state index in [1.165, 1.54) is 4.90 Å². The van der Waals surface area contributed by atoms with E-state index >= 15 is 0 Å². The standard InChI is InChI=1S/C29H29NO6/c1-4-35-23-13-9-19(10-14-23)18-30-26(20-11-15-22(34-3)16-12-20)25(28(32)29(30)33)27(31)21-7-6-8-24(17-21)36-5-2/h6-17,26,31H,4-5,18H2,1-3H3/b27-25-.